The van der Waals surface area contributed by atoms with Crippen molar-refractivity contribution in [1.82, 2.24) is 19.6 Å². The van der Waals surface area contributed by atoms with Crippen molar-refractivity contribution in [1.29, 1.82) is 0 Å². The smallest absolute Gasteiger partial charge is 0.126 e. The molecule has 1 unspecified atom stereocenters. The molecule has 0 bridgehead atoms. The molecule has 18 atom stereocenters. The van der Waals surface area contributed by atoms with E-state index in [2.05, 4.69) is 78.2 Å². The number of aliphatic hydroxyl groups is 5. The molecule has 464 valence electrons. The van der Waals surface area contributed by atoms with E-state index >= 15 is 0 Å². The zero-order chi connectivity index (χ0) is 60.3. The summed E-state index contributed by atoms with van der Waals surface area (Å²) < 4.78 is 34.1. The Morgan fingerprint density at radius 1 is 0.805 bits per heavy atom. The van der Waals surface area contributed by atoms with E-state index in [1.807, 2.05) is 58.4 Å². The number of unbranched alkanes of at least 4 members (excludes halogenated alkanes) is 8. The molecule has 1 amide bonds. The zero-order valence-corrected chi connectivity index (χ0v) is 53.3. The Bertz CT molecular complexity index is 2370. The molecule has 3 fully saturated rings. The van der Waals surface area contributed by atoms with Gasteiger partial charge in [0.2, 0.25) is 0 Å². The van der Waals surface area contributed by atoms with Crippen molar-refractivity contribution in [3.63, 3.8) is 0 Å². The van der Waals surface area contributed by atoms with Crippen molar-refractivity contribution in [2.75, 3.05) is 33.9 Å². The minimum absolute atomic E-state index is 0.105. The summed E-state index contributed by atoms with van der Waals surface area (Å²) in [5, 5.41) is 69.7. The largest absolute Gasteiger partial charge is 0.388 e. The number of aryl methyl sites for hydroxylation is 1. The number of aromatic nitrogens is 2. The Balaban J connectivity index is 1.16. The first-order valence-corrected chi connectivity index (χ1v) is 33.2. The average molecular weight is 1170 g/mol. The van der Waals surface area contributed by atoms with Crippen LogP contribution in [0.2, 0.25) is 0 Å². The first kappa shape index (κ1) is 67.7. The van der Waals surface area contributed by atoms with Gasteiger partial charge in [0.25, 0.3) is 0 Å². The molecule has 3 aliphatic rings. The second-order valence-corrected chi connectivity index (χ2v) is 30.1. The maximum Gasteiger partial charge on any atom is 0.126 e. The Hall–Kier alpha value is -3.38. The van der Waals surface area contributed by atoms with Crippen molar-refractivity contribution in [2.45, 2.75) is 243 Å². The van der Waals surface area contributed by atoms with Gasteiger partial charge in [0, 0.05) is 32.0 Å². The van der Waals surface area contributed by atoms with Crippen LogP contribution < -0.4 is 15.9 Å². The molecular weight excluding hydrogens is 1060 g/mol. The fourth-order valence-electron chi connectivity index (χ4n) is 14.5. The van der Waals surface area contributed by atoms with Gasteiger partial charge in [-0.25, -0.2) is 0 Å². The first-order valence-electron chi connectivity index (χ1n) is 31.0. The molecule has 0 radical (unpaired) electrons. The van der Waals surface area contributed by atoms with E-state index in [4.69, 9.17) is 23.7 Å². The minimum Gasteiger partial charge on any atom is -0.388 e. The van der Waals surface area contributed by atoms with Crippen LogP contribution in [-0.2, 0) is 40.3 Å². The number of rotatable bonds is 21. The van der Waals surface area contributed by atoms with Gasteiger partial charge in [-0.3, -0.25) is 9.59 Å². The molecule has 3 aliphatic heterocycles. The maximum absolute atomic E-state index is 14.8. The molecule has 17 heteroatoms. The van der Waals surface area contributed by atoms with Gasteiger partial charge in [0.15, 0.2) is 6.29 Å². The number of ether oxygens (including phenoxy) is 5. The summed E-state index contributed by atoms with van der Waals surface area (Å²) in [6, 6.07) is 20.8. The van der Waals surface area contributed by atoms with Gasteiger partial charge in [-0.15, -0.1) is 0 Å². The number of carbonyl (C=O) groups excluding carboxylic acids is 2. The van der Waals surface area contributed by atoms with Crippen LogP contribution in [0.5, 0.6) is 0 Å². The summed E-state index contributed by atoms with van der Waals surface area (Å²) in [5.74, 6) is -3.63. The van der Waals surface area contributed by atoms with Crippen LogP contribution in [0.4, 0.5) is 0 Å². The van der Waals surface area contributed by atoms with Crippen molar-refractivity contribution in [3.05, 3.63) is 73.1 Å². The van der Waals surface area contributed by atoms with Crippen LogP contribution in [0.1, 0.15) is 159 Å². The number of methoxy groups -OCH3 is 1. The standard InChI is InChI=1S/C65H107N4O12P/c1-15-54-65(10,76)58(72)47(6)69(55(70)35-29-21-19-17-16-18-20-22-30-36-82(49-31-25-23-26-32-49,50-33-27-24-28-34-50)51-40-66-68(13)42-51)41-43(2)38-63(8,75)60(81-62-57(71)52(67(11)12)37-44(3)78-62)45(4)56(46(5)61(74)80-54)53-39-64(9,77-14)59(73)48(7)79-53/h23-28,31-34,40,42-48,52-54,56-60,62,71-73,75-76,82H,15-22,29-30,35-39,41H2,1-14H3/t43-,44-,45+,46-,47-,48+,52+,53?,54-,56+,57-,58-,59+,60-,62+,63-,64-,65-/m1/s1. The third-order valence-corrected chi connectivity index (χ3v) is 24.2. The van der Waals surface area contributed by atoms with Crippen molar-refractivity contribution in [2.24, 2.45) is 30.7 Å². The maximum atomic E-state index is 14.8. The molecule has 3 saturated heterocycles. The number of cyclic esters (lactones) is 1. The van der Waals surface area contributed by atoms with E-state index < -0.39 is 103 Å². The van der Waals surface area contributed by atoms with Crippen LogP contribution in [-0.4, -0.2) is 175 Å². The van der Waals surface area contributed by atoms with E-state index in [0.717, 1.165) is 57.5 Å². The van der Waals surface area contributed by atoms with E-state index in [-0.39, 0.29) is 56.2 Å². The molecule has 0 aliphatic carbocycles. The Labute approximate surface area is 492 Å². The fourth-order valence-corrected chi connectivity index (χ4v) is 19.3. The molecule has 2 aromatic carbocycles. The van der Waals surface area contributed by atoms with Crippen LogP contribution in [0.15, 0.2) is 73.1 Å². The molecule has 0 saturated carbocycles. The Morgan fingerprint density at radius 2 is 1.38 bits per heavy atom. The van der Waals surface area contributed by atoms with Gasteiger partial charge in [0.05, 0.1) is 47.6 Å². The summed E-state index contributed by atoms with van der Waals surface area (Å²) >= 11 is 0. The first-order chi connectivity index (χ1) is 38.7. The summed E-state index contributed by atoms with van der Waals surface area (Å²) in [4.78, 5) is 33.0. The summed E-state index contributed by atoms with van der Waals surface area (Å²) in [7, 11) is 5.01. The molecule has 3 aromatic rings. The fraction of sp³-hybridized carbons (Fsp3) is 0.738. The van der Waals surface area contributed by atoms with Gasteiger partial charge < -0.3 is 59.0 Å². The summed E-state index contributed by atoms with van der Waals surface area (Å²) in [6.07, 6.45) is 7.16. The number of hydrogen-bond donors (Lipinski definition) is 5. The van der Waals surface area contributed by atoms with E-state index in [1.165, 1.54) is 29.9 Å². The molecule has 16 nitrogen and oxygen atoms in total. The molecule has 6 rings (SSSR count). The van der Waals surface area contributed by atoms with Crippen LogP contribution >= 0.6 is 7.26 Å². The van der Waals surface area contributed by atoms with E-state index in [0.29, 0.717) is 12.8 Å². The molecule has 1 aromatic heterocycles. The normalized spacial score (nSPS) is 35.9. The zero-order valence-electron chi connectivity index (χ0n) is 52.3. The molecule has 0 spiro atoms. The van der Waals surface area contributed by atoms with Gasteiger partial charge >= 0.3 is 195 Å². The van der Waals surface area contributed by atoms with Crippen molar-refractivity contribution in [3.8, 4) is 0 Å². The molecule has 5 N–H and O–H groups in total. The Kier molecular flexibility index (Phi) is 24.6. The number of amides is 1. The van der Waals surface area contributed by atoms with E-state index in [1.54, 1.807) is 39.5 Å². The number of nitrogens with zero attached hydrogens (tertiary/aromatic N) is 4. The van der Waals surface area contributed by atoms with Crippen LogP contribution in [0.3, 0.4) is 0 Å². The molecule has 82 heavy (non-hydrogen) atoms. The van der Waals surface area contributed by atoms with Crippen LogP contribution in [0.25, 0.3) is 0 Å². The third kappa shape index (κ3) is 16.0. The van der Waals surface area contributed by atoms with Gasteiger partial charge in [-0.05, 0) is 86.7 Å². The van der Waals surface area contributed by atoms with Crippen molar-refractivity contribution >= 4 is 35.1 Å². The predicted molar refractivity (Wildman–Crippen MR) is 326 cm³/mol. The number of hydrogen-bond acceptors (Lipinski definition) is 14. The third-order valence-electron chi connectivity index (χ3n) is 19.3. The monoisotopic (exact) mass is 1170 g/mol. The van der Waals surface area contributed by atoms with Crippen molar-refractivity contribution < 1.29 is 58.8 Å². The Morgan fingerprint density at radius 3 is 1.91 bits per heavy atom. The molecular formula is C65H107N4O12P. The number of benzene rings is 2. The number of likely N-dealkylation sites (N-methyl/N-ethyl adjacent to an activating group) is 1. The average Bonchev–Trinajstić information content (AvgIpc) is 2.67. The SMILES string of the molecule is CC[C@H]1OC(=O)[C@H](C)[C@@H](C2C[C@@](C)(OC)[C@@H](O)[C@H](C)O2)[C@H](C)[C@@H](O[C@@H]2O[C@H](C)C[C@H](N(C)C)[C@H]2O)[C@](C)(O)C[C@@H](C)CN(C(=O)CCCCCCCCCCC[PH](c2ccccc2)(c2ccccc2)c2cnn(C)c2)[C@H](C)[C@@H](O)[C@]1(C)O. The summed E-state index contributed by atoms with van der Waals surface area (Å²) in [6.45, 7) is 17.8. The topological polar surface area (TPSA) is 206 Å². The summed E-state index contributed by atoms with van der Waals surface area (Å²) in [5.41, 5.74) is -4.72. The quantitative estimate of drug-likeness (QED) is 0.0400. The molecule has 4 heterocycles. The second-order valence-electron chi connectivity index (χ2n) is 26.1. The van der Waals surface area contributed by atoms with Gasteiger partial charge in [0.1, 0.15) is 30.0 Å². The van der Waals surface area contributed by atoms with Crippen LogP contribution in [0, 0.1) is 23.7 Å². The van der Waals surface area contributed by atoms with Gasteiger partial charge in [-0.1, -0.05) is 27.7 Å². The van der Waals surface area contributed by atoms with E-state index in [9.17, 15) is 35.1 Å². The number of carbonyl (C=O) groups is 2. The number of esters is 1. The number of aliphatic hydroxyl groups excluding tert-OH is 3. The predicted octanol–water partition coefficient (Wildman–Crippen LogP) is 7.43. The second kappa shape index (κ2) is 29.8. The minimum atomic E-state index is -2.31. The van der Waals surface area contributed by atoms with Gasteiger partial charge in [-0.2, -0.15) is 0 Å².